The van der Waals surface area contributed by atoms with Crippen molar-refractivity contribution in [3.63, 3.8) is 0 Å². The molecule has 1 saturated carbocycles. The number of nitrogens with two attached hydrogens (primary N) is 1. The molecule has 1 aromatic rings. The van der Waals surface area contributed by atoms with Gasteiger partial charge in [0, 0.05) is 0 Å². The van der Waals surface area contributed by atoms with Gasteiger partial charge in [-0.25, -0.2) is 0 Å². The number of ether oxygens (including phenoxy) is 1. The molecule has 2 N–H and O–H groups in total. The Hall–Kier alpha value is -1.02. The lowest BCUT2D eigenvalue weighted by Gasteiger charge is -2.11. The molecule has 0 aliphatic heterocycles. The van der Waals surface area contributed by atoms with Gasteiger partial charge in [0.1, 0.15) is 5.75 Å². The molecule has 88 valence electrons. The van der Waals surface area contributed by atoms with E-state index in [1.807, 2.05) is 6.07 Å². The van der Waals surface area contributed by atoms with Crippen molar-refractivity contribution in [3.05, 3.63) is 29.3 Å². The van der Waals surface area contributed by atoms with Crippen molar-refractivity contribution in [3.8, 4) is 5.75 Å². The molecular weight excluding hydrogens is 198 g/mol. The first-order valence-corrected chi connectivity index (χ1v) is 5.87. The maximum Gasteiger partial charge on any atom is 0.122 e. The van der Waals surface area contributed by atoms with E-state index >= 15 is 0 Å². The van der Waals surface area contributed by atoms with Crippen LogP contribution in [0, 0.1) is 18.3 Å². The summed E-state index contributed by atoms with van der Waals surface area (Å²) in [6, 6.07) is 6.30. The average Bonchev–Trinajstić information content (AvgIpc) is 2.80. The SMILES string of the molecule is COc1cccc(C2C(CN)C2(C)C)c1C. The summed E-state index contributed by atoms with van der Waals surface area (Å²) in [4.78, 5) is 0. The van der Waals surface area contributed by atoms with Gasteiger partial charge in [0.2, 0.25) is 0 Å². The van der Waals surface area contributed by atoms with E-state index in [0.717, 1.165) is 12.3 Å². The van der Waals surface area contributed by atoms with Crippen LogP contribution in [0.25, 0.3) is 0 Å². The Kier molecular flexibility index (Phi) is 2.70. The summed E-state index contributed by atoms with van der Waals surface area (Å²) < 4.78 is 5.37. The molecule has 0 saturated heterocycles. The highest BCUT2D eigenvalue weighted by Gasteiger charge is 2.57. The van der Waals surface area contributed by atoms with Crippen LogP contribution in [0.3, 0.4) is 0 Å². The first-order valence-electron chi connectivity index (χ1n) is 5.87. The topological polar surface area (TPSA) is 35.2 Å². The molecule has 0 bridgehead atoms. The van der Waals surface area contributed by atoms with Crippen LogP contribution >= 0.6 is 0 Å². The number of hydrogen-bond acceptors (Lipinski definition) is 2. The third kappa shape index (κ3) is 1.52. The van der Waals surface area contributed by atoms with Gasteiger partial charge in [-0.15, -0.1) is 0 Å². The van der Waals surface area contributed by atoms with Gasteiger partial charge in [-0.2, -0.15) is 0 Å². The zero-order valence-electron chi connectivity index (χ0n) is 10.6. The lowest BCUT2D eigenvalue weighted by molar-refractivity contribution is 0.410. The molecule has 16 heavy (non-hydrogen) atoms. The standard InChI is InChI=1S/C14H21NO/c1-9-10(6-5-7-12(9)16-4)13-11(8-15)14(13,2)3/h5-7,11,13H,8,15H2,1-4H3. The van der Waals surface area contributed by atoms with Gasteiger partial charge >= 0.3 is 0 Å². The molecule has 2 atom stereocenters. The zero-order valence-corrected chi connectivity index (χ0v) is 10.6. The average molecular weight is 219 g/mol. The first kappa shape index (κ1) is 11.5. The Morgan fingerprint density at radius 1 is 1.38 bits per heavy atom. The normalized spacial score (nSPS) is 26.6. The second-order valence-corrected chi connectivity index (χ2v) is 5.32. The van der Waals surface area contributed by atoms with Crippen molar-refractivity contribution in [1.29, 1.82) is 0 Å². The summed E-state index contributed by atoms with van der Waals surface area (Å²) in [5.41, 5.74) is 8.83. The van der Waals surface area contributed by atoms with E-state index in [1.54, 1.807) is 7.11 Å². The predicted molar refractivity (Wildman–Crippen MR) is 66.8 cm³/mol. The lowest BCUT2D eigenvalue weighted by Crippen LogP contribution is -2.05. The second kappa shape index (κ2) is 3.77. The molecule has 0 amide bonds. The summed E-state index contributed by atoms with van der Waals surface area (Å²) in [6.45, 7) is 7.51. The van der Waals surface area contributed by atoms with Crippen LogP contribution < -0.4 is 10.5 Å². The van der Waals surface area contributed by atoms with Gasteiger partial charge < -0.3 is 10.5 Å². The monoisotopic (exact) mass is 219 g/mol. The third-order valence-electron chi connectivity index (χ3n) is 4.19. The van der Waals surface area contributed by atoms with Crippen LogP contribution in [0.5, 0.6) is 5.75 Å². The molecule has 1 aromatic carbocycles. The van der Waals surface area contributed by atoms with E-state index in [9.17, 15) is 0 Å². The number of rotatable bonds is 3. The zero-order chi connectivity index (χ0) is 11.9. The quantitative estimate of drug-likeness (QED) is 0.848. The Bertz CT molecular complexity index is 398. The van der Waals surface area contributed by atoms with Gasteiger partial charge in [-0.1, -0.05) is 26.0 Å². The summed E-state index contributed by atoms with van der Waals surface area (Å²) >= 11 is 0. The van der Waals surface area contributed by atoms with E-state index in [1.165, 1.54) is 11.1 Å². The molecule has 1 aliphatic rings. The molecule has 0 aromatic heterocycles. The van der Waals surface area contributed by atoms with Crippen molar-refractivity contribution >= 4 is 0 Å². The van der Waals surface area contributed by atoms with E-state index in [-0.39, 0.29) is 0 Å². The summed E-state index contributed by atoms with van der Waals surface area (Å²) in [7, 11) is 1.73. The Morgan fingerprint density at radius 3 is 2.56 bits per heavy atom. The largest absolute Gasteiger partial charge is 0.496 e. The highest BCUT2D eigenvalue weighted by atomic mass is 16.5. The number of methoxy groups -OCH3 is 1. The van der Waals surface area contributed by atoms with Gasteiger partial charge in [0.15, 0.2) is 0 Å². The second-order valence-electron chi connectivity index (χ2n) is 5.32. The fraction of sp³-hybridized carbons (Fsp3) is 0.571. The van der Waals surface area contributed by atoms with Crippen LogP contribution in [0.2, 0.25) is 0 Å². The summed E-state index contributed by atoms with van der Waals surface area (Å²) in [5.74, 6) is 2.18. The van der Waals surface area contributed by atoms with E-state index in [4.69, 9.17) is 10.5 Å². The maximum atomic E-state index is 5.83. The molecule has 2 unspecified atom stereocenters. The van der Waals surface area contributed by atoms with Gasteiger partial charge in [0.25, 0.3) is 0 Å². The van der Waals surface area contributed by atoms with E-state index < -0.39 is 0 Å². The molecule has 1 fully saturated rings. The predicted octanol–water partition coefficient (Wildman–Crippen LogP) is 2.70. The molecule has 1 aliphatic carbocycles. The maximum absolute atomic E-state index is 5.83. The minimum absolute atomic E-state index is 0.339. The minimum atomic E-state index is 0.339. The highest BCUT2D eigenvalue weighted by molar-refractivity contribution is 5.45. The third-order valence-corrected chi connectivity index (χ3v) is 4.19. The number of benzene rings is 1. The summed E-state index contributed by atoms with van der Waals surface area (Å²) in [5, 5.41) is 0. The van der Waals surface area contributed by atoms with Crippen molar-refractivity contribution in [1.82, 2.24) is 0 Å². The first-order chi connectivity index (χ1) is 7.54. The minimum Gasteiger partial charge on any atom is -0.496 e. The Morgan fingerprint density at radius 2 is 2.06 bits per heavy atom. The molecule has 2 rings (SSSR count). The van der Waals surface area contributed by atoms with Crippen molar-refractivity contribution in [2.45, 2.75) is 26.7 Å². The molecular formula is C14H21NO. The molecule has 2 nitrogen and oxygen atoms in total. The fourth-order valence-corrected chi connectivity index (χ4v) is 2.99. The molecule has 0 spiro atoms. The molecule has 0 radical (unpaired) electrons. The van der Waals surface area contributed by atoms with Gasteiger partial charge in [-0.3, -0.25) is 0 Å². The molecule has 2 heteroatoms. The fourth-order valence-electron chi connectivity index (χ4n) is 2.99. The van der Waals surface area contributed by atoms with E-state index in [0.29, 0.717) is 17.3 Å². The highest BCUT2D eigenvalue weighted by Crippen LogP contribution is 2.64. The lowest BCUT2D eigenvalue weighted by atomic mass is 9.98. The van der Waals surface area contributed by atoms with Gasteiger partial charge in [-0.05, 0) is 47.9 Å². The molecule has 0 heterocycles. The Balaban J connectivity index is 2.36. The van der Waals surface area contributed by atoms with Crippen LogP contribution in [-0.2, 0) is 0 Å². The van der Waals surface area contributed by atoms with Crippen molar-refractivity contribution in [2.75, 3.05) is 13.7 Å². The summed E-state index contributed by atoms with van der Waals surface area (Å²) in [6.07, 6.45) is 0. The van der Waals surface area contributed by atoms with Crippen LogP contribution in [0.4, 0.5) is 0 Å². The van der Waals surface area contributed by atoms with Crippen LogP contribution in [0.1, 0.15) is 30.9 Å². The van der Waals surface area contributed by atoms with Crippen LogP contribution in [-0.4, -0.2) is 13.7 Å². The van der Waals surface area contributed by atoms with Gasteiger partial charge in [0.05, 0.1) is 7.11 Å². The Labute approximate surface area is 97.8 Å². The smallest absolute Gasteiger partial charge is 0.122 e. The van der Waals surface area contributed by atoms with Crippen LogP contribution in [0.15, 0.2) is 18.2 Å². The van der Waals surface area contributed by atoms with Crippen molar-refractivity contribution < 1.29 is 4.74 Å². The van der Waals surface area contributed by atoms with E-state index in [2.05, 4.69) is 32.9 Å². The number of hydrogen-bond donors (Lipinski definition) is 1. The van der Waals surface area contributed by atoms with Crippen molar-refractivity contribution in [2.24, 2.45) is 17.1 Å².